The molecule has 122 valence electrons. The lowest BCUT2D eigenvalue weighted by atomic mass is 10.1. The lowest BCUT2D eigenvalue weighted by Crippen LogP contribution is -2.36. The number of carbonyl (C=O) groups is 1. The number of hydrogen-bond acceptors (Lipinski definition) is 6. The van der Waals surface area contributed by atoms with E-state index in [1.54, 1.807) is 18.6 Å². The van der Waals surface area contributed by atoms with Crippen LogP contribution in [0.5, 0.6) is 0 Å². The van der Waals surface area contributed by atoms with E-state index >= 15 is 0 Å². The number of aliphatic hydroxyl groups excluding tert-OH is 1. The molecule has 23 heavy (non-hydrogen) atoms. The van der Waals surface area contributed by atoms with Crippen LogP contribution in [-0.4, -0.2) is 50.1 Å². The molecule has 1 N–H and O–H groups in total. The van der Waals surface area contributed by atoms with Crippen LogP contribution in [0.15, 0.2) is 24.0 Å². The molecule has 1 amide bonds. The summed E-state index contributed by atoms with van der Waals surface area (Å²) in [5, 5.41) is 11.7. The molecule has 1 unspecified atom stereocenters. The van der Waals surface area contributed by atoms with Gasteiger partial charge in [-0.15, -0.1) is 11.3 Å². The van der Waals surface area contributed by atoms with Crippen molar-refractivity contribution in [3.05, 3.63) is 29.7 Å². The molecule has 0 spiro atoms. The maximum absolute atomic E-state index is 12.5. The second-order valence-corrected chi connectivity index (χ2v) is 6.52. The summed E-state index contributed by atoms with van der Waals surface area (Å²) >= 11 is 1.48. The van der Waals surface area contributed by atoms with Crippen molar-refractivity contribution < 1.29 is 9.90 Å². The molecule has 0 saturated carbocycles. The van der Waals surface area contributed by atoms with E-state index in [0.717, 1.165) is 48.6 Å². The van der Waals surface area contributed by atoms with Gasteiger partial charge in [-0.1, -0.05) is 0 Å². The largest absolute Gasteiger partial charge is 0.396 e. The lowest BCUT2D eigenvalue weighted by molar-refractivity contribution is -0.131. The average molecular weight is 332 g/mol. The number of likely N-dealkylation sites (tertiary alicyclic amines) is 1. The molecule has 3 rings (SSSR count). The summed E-state index contributed by atoms with van der Waals surface area (Å²) in [6.45, 7) is 1.00. The summed E-state index contributed by atoms with van der Waals surface area (Å²) in [7, 11) is 0. The molecular weight excluding hydrogens is 312 g/mol. The second-order valence-electron chi connectivity index (χ2n) is 5.66. The molecule has 1 saturated heterocycles. The minimum atomic E-state index is 0.126. The number of aromatic nitrogens is 3. The van der Waals surface area contributed by atoms with Crippen molar-refractivity contribution >= 4 is 17.2 Å². The van der Waals surface area contributed by atoms with Gasteiger partial charge in [0.25, 0.3) is 0 Å². The van der Waals surface area contributed by atoms with E-state index in [9.17, 15) is 4.79 Å². The summed E-state index contributed by atoms with van der Waals surface area (Å²) in [5.41, 5.74) is 1.52. The summed E-state index contributed by atoms with van der Waals surface area (Å²) < 4.78 is 0. The maximum atomic E-state index is 12.5. The Balaban J connectivity index is 1.63. The van der Waals surface area contributed by atoms with Crippen molar-refractivity contribution in [3.8, 4) is 10.7 Å². The van der Waals surface area contributed by atoms with Crippen molar-refractivity contribution in [2.45, 2.75) is 38.1 Å². The Morgan fingerprint density at radius 3 is 3.13 bits per heavy atom. The Labute approximate surface area is 139 Å². The van der Waals surface area contributed by atoms with Crippen LogP contribution in [-0.2, 0) is 11.2 Å². The van der Waals surface area contributed by atoms with Crippen molar-refractivity contribution in [1.82, 2.24) is 19.9 Å². The summed E-state index contributed by atoms with van der Waals surface area (Å²) in [4.78, 5) is 27.3. The number of hydrogen-bond donors (Lipinski definition) is 1. The first-order valence-corrected chi connectivity index (χ1v) is 8.77. The molecule has 1 aliphatic rings. The molecule has 1 aliphatic heterocycles. The third-order valence-electron chi connectivity index (χ3n) is 4.06. The third kappa shape index (κ3) is 3.92. The molecule has 1 fully saturated rings. The van der Waals surface area contributed by atoms with E-state index in [1.807, 2.05) is 10.3 Å². The highest BCUT2D eigenvalue weighted by Crippen LogP contribution is 2.24. The van der Waals surface area contributed by atoms with E-state index in [0.29, 0.717) is 6.42 Å². The predicted octanol–water partition coefficient (Wildman–Crippen LogP) is 1.91. The van der Waals surface area contributed by atoms with Crippen molar-refractivity contribution in [2.24, 2.45) is 0 Å². The van der Waals surface area contributed by atoms with Gasteiger partial charge in [0, 0.05) is 37.0 Å². The van der Waals surface area contributed by atoms with Gasteiger partial charge >= 0.3 is 0 Å². The van der Waals surface area contributed by atoms with Crippen molar-refractivity contribution in [3.63, 3.8) is 0 Å². The maximum Gasteiger partial charge on any atom is 0.228 e. The number of carbonyl (C=O) groups excluding carboxylic acids is 1. The highest BCUT2D eigenvalue weighted by molar-refractivity contribution is 7.13. The molecular formula is C16H20N4O2S. The van der Waals surface area contributed by atoms with Crippen LogP contribution < -0.4 is 0 Å². The minimum absolute atomic E-state index is 0.126. The number of aliphatic hydroxyl groups is 1. The van der Waals surface area contributed by atoms with Gasteiger partial charge in [0.15, 0.2) is 0 Å². The summed E-state index contributed by atoms with van der Waals surface area (Å²) in [6, 6.07) is 0.271. The van der Waals surface area contributed by atoms with E-state index in [2.05, 4.69) is 15.0 Å². The summed E-state index contributed by atoms with van der Waals surface area (Å²) in [6.07, 6.45) is 8.98. The van der Waals surface area contributed by atoms with Gasteiger partial charge in [-0.3, -0.25) is 14.8 Å². The number of rotatable bonds is 6. The Morgan fingerprint density at radius 2 is 2.35 bits per heavy atom. The average Bonchev–Trinajstić information content (AvgIpc) is 3.23. The molecule has 0 radical (unpaired) electrons. The third-order valence-corrected chi connectivity index (χ3v) is 4.97. The molecule has 2 aromatic rings. The van der Waals surface area contributed by atoms with Gasteiger partial charge in [-0.05, 0) is 25.7 Å². The first kappa shape index (κ1) is 16.0. The number of nitrogens with zero attached hydrogens (tertiary/aromatic N) is 4. The van der Waals surface area contributed by atoms with Crippen LogP contribution in [0.2, 0.25) is 0 Å². The van der Waals surface area contributed by atoms with Gasteiger partial charge in [0.1, 0.15) is 10.7 Å². The van der Waals surface area contributed by atoms with Crippen LogP contribution >= 0.6 is 11.3 Å². The van der Waals surface area contributed by atoms with Gasteiger partial charge < -0.3 is 10.0 Å². The van der Waals surface area contributed by atoms with Crippen LogP contribution in [0.3, 0.4) is 0 Å². The van der Waals surface area contributed by atoms with Gasteiger partial charge in [-0.25, -0.2) is 4.98 Å². The number of amides is 1. The van der Waals surface area contributed by atoms with Crippen molar-refractivity contribution in [1.29, 1.82) is 0 Å². The SMILES string of the molecule is O=C(Cc1csc(-c2cnccn2)n1)N1CCCC1CCCO. The normalized spacial score (nSPS) is 17.6. The molecule has 6 nitrogen and oxygen atoms in total. The Kier molecular flexibility index (Phi) is 5.30. The van der Waals surface area contributed by atoms with E-state index in [4.69, 9.17) is 5.11 Å². The number of thiazole rings is 1. The molecule has 0 aromatic carbocycles. The van der Waals surface area contributed by atoms with Crippen LogP contribution in [0.4, 0.5) is 0 Å². The topological polar surface area (TPSA) is 79.2 Å². The second kappa shape index (κ2) is 7.61. The minimum Gasteiger partial charge on any atom is -0.396 e. The highest BCUT2D eigenvalue weighted by Gasteiger charge is 2.28. The molecule has 3 heterocycles. The quantitative estimate of drug-likeness (QED) is 0.874. The molecule has 1 atom stereocenters. The highest BCUT2D eigenvalue weighted by atomic mass is 32.1. The van der Waals surface area contributed by atoms with Crippen LogP contribution in [0.1, 0.15) is 31.4 Å². The van der Waals surface area contributed by atoms with Gasteiger partial charge in [-0.2, -0.15) is 0 Å². The first-order valence-electron chi connectivity index (χ1n) is 7.89. The van der Waals surface area contributed by atoms with E-state index in [1.165, 1.54) is 11.3 Å². The standard InChI is InChI=1S/C16H20N4O2S/c21-8-2-4-13-3-1-7-20(13)15(22)9-12-11-23-16(19-12)14-10-17-5-6-18-14/h5-6,10-11,13,21H,1-4,7-9H2. The Morgan fingerprint density at radius 1 is 1.43 bits per heavy atom. The molecule has 2 aromatic heterocycles. The van der Waals surface area contributed by atoms with Gasteiger partial charge in [0.2, 0.25) is 5.91 Å². The molecule has 7 heteroatoms. The Bertz CT molecular complexity index is 647. The zero-order chi connectivity index (χ0) is 16.1. The lowest BCUT2D eigenvalue weighted by Gasteiger charge is -2.24. The summed E-state index contributed by atoms with van der Waals surface area (Å²) in [5.74, 6) is 0.126. The first-order chi connectivity index (χ1) is 11.3. The smallest absolute Gasteiger partial charge is 0.228 e. The van der Waals surface area contributed by atoms with E-state index in [-0.39, 0.29) is 18.6 Å². The van der Waals surface area contributed by atoms with Crippen LogP contribution in [0, 0.1) is 0 Å². The van der Waals surface area contributed by atoms with E-state index < -0.39 is 0 Å². The monoisotopic (exact) mass is 332 g/mol. The molecule has 0 aliphatic carbocycles. The zero-order valence-corrected chi connectivity index (χ0v) is 13.7. The van der Waals surface area contributed by atoms with Crippen molar-refractivity contribution in [2.75, 3.05) is 13.2 Å². The Hall–Kier alpha value is -1.86. The van der Waals surface area contributed by atoms with Gasteiger partial charge in [0.05, 0.1) is 18.3 Å². The fourth-order valence-corrected chi connectivity index (χ4v) is 3.74. The van der Waals surface area contributed by atoms with Crippen LogP contribution in [0.25, 0.3) is 10.7 Å². The zero-order valence-electron chi connectivity index (χ0n) is 12.9. The fourth-order valence-electron chi connectivity index (χ4n) is 2.96. The molecule has 0 bridgehead atoms. The fraction of sp³-hybridized carbons (Fsp3) is 0.500. The predicted molar refractivity (Wildman–Crippen MR) is 87.9 cm³/mol.